The smallest absolute Gasteiger partial charge is 0.303 e. The van der Waals surface area contributed by atoms with E-state index in [0.717, 1.165) is 0 Å². The van der Waals surface area contributed by atoms with Crippen molar-refractivity contribution in [1.29, 1.82) is 0 Å². The summed E-state index contributed by atoms with van der Waals surface area (Å²) in [5.74, 6) is -12.1. The number of phenolic OH excluding ortho intramolecular Hbond substituents is 1. The number of fused-ring (bicyclic) bond motifs is 3. The van der Waals surface area contributed by atoms with E-state index in [1.807, 2.05) is 0 Å². The van der Waals surface area contributed by atoms with Crippen LogP contribution in [0.25, 0.3) is 0 Å². The molecule has 0 fully saturated rings. The third kappa shape index (κ3) is 5.14. The van der Waals surface area contributed by atoms with E-state index in [0.29, 0.717) is 0 Å². The summed E-state index contributed by atoms with van der Waals surface area (Å²) < 4.78 is 0. The summed E-state index contributed by atoms with van der Waals surface area (Å²) in [7, 11) is 2.88. The Morgan fingerprint density at radius 2 is 1.77 bits per heavy atom. The van der Waals surface area contributed by atoms with Gasteiger partial charge in [0.25, 0.3) is 5.91 Å². The number of carbonyl (C=O) groups is 5. The number of phenols is 1. The summed E-state index contributed by atoms with van der Waals surface area (Å²) >= 11 is 3.08. The van der Waals surface area contributed by atoms with Crippen LogP contribution in [-0.4, -0.2) is 102 Å². The molecule has 0 heterocycles. The quantitative estimate of drug-likeness (QED) is 0.110. The minimum absolute atomic E-state index is 0. The van der Waals surface area contributed by atoms with Gasteiger partial charge in [0.05, 0.1) is 34.1 Å². The number of carboxylic acid groups (broad SMARTS) is 1. The number of alkyl halides is 1. The second kappa shape index (κ2) is 12.0. The first-order chi connectivity index (χ1) is 19.5. The Bertz CT molecular complexity index is 1490. The van der Waals surface area contributed by atoms with Crippen molar-refractivity contribution in [3.8, 4) is 5.75 Å². The molecule has 2 amide bonds. The largest absolute Gasteiger partial charge is 0.510 e. The van der Waals surface area contributed by atoms with E-state index in [1.54, 1.807) is 6.92 Å². The van der Waals surface area contributed by atoms with E-state index in [1.165, 1.54) is 31.1 Å². The molecule has 0 radical (unpaired) electrons. The molecule has 0 aromatic heterocycles. The highest BCUT2D eigenvalue weighted by atomic mass is 79.9. The number of nitrogens with two attached hydrogens (primary N) is 1. The standard InChI is InChI=1S/C27H30BrN3O11.BrH/c1-8-9-4-6-11(30-26(41)10(28)5-7-12(32)33)19(34)14(9)20(35)15-13(8)21(36)17-18(31(2)3)22(37)16(25(29)40)24(39)27(17,42)23(15)38;/h4,6,8,10,13,17-18,21,34,36-38,42H,5,7H2,1-3H3,(H2,29,40)(H,30,41)(H,32,33);1H/t8?,10-,13?,17?,18?,21?,27?;/m0./s1. The molecule has 0 bridgehead atoms. The van der Waals surface area contributed by atoms with Crippen LogP contribution in [0, 0.1) is 11.8 Å². The highest BCUT2D eigenvalue weighted by Gasteiger charge is 2.67. The van der Waals surface area contributed by atoms with Crippen molar-refractivity contribution in [2.45, 2.75) is 48.3 Å². The monoisotopic (exact) mass is 731 g/mol. The van der Waals surface area contributed by atoms with Crippen molar-refractivity contribution in [1.82, 2.24) is 4.90 Å². The van der Waals surface area contributed by atoms with Crippen LogP contribution in [0.1, 0.15) is 41.6 Å². The Balaban J connectivity index is 0.00000506. The van der Waals surface area contributed by atoms with Crippen LogP contribution in [0.4, 0.5) is 5.69 Å². The molecule has 3 aliphatic carbocycles. The first-order valence-electron chi connectivity index (χ1n) is 12.8. The van der Waals surface area contributed by atoms with Crippen molar-refractivity contribution >= 4 is 67.9 Å². The lowest BCUT2D eigenvalue weighted by atomic mass is 9.55. The molecule has 1 aromatic rings. The maximum atomic E-state index is 13.9. The summed E-state index contributed by atoms with van der Waals surface area (Å²) in [6.07, 6.45) is -2.11. The number of carbonyl (C=O) groups excluding carboxylic acids is 4. The van der Waals surface area contributed by atoms with Gasteiger partial charge in [0.15, 0.2) is 17.1 Å². The Hall–Kier alpha value is -3.31. The lowest BCUT2D eigenvalue weighted by Crippen LogP contribution is -2.68. The van der Waals surface area contributed by atoms with Gasteiger partial charge in [-0.05, 0) is 38.1 Å². The average Bonchev–Trinajstić information content (AvgIpc) is 2.90. The van der Waals surface area contributed by atoms with Crippen LogP contribution in [0.15, 0.2) is 34.8 Å². The first kappa shape index (κ1) is 34.2. The SMILES string of the molecule is Br.CC1c2ccc(NC(=O)[C@@H](Br)CCC(=O)O)c(O)c2C(=O)C2=C(O)C3(O)C(=O)C(C(N)=O)=C(O)C(N(C)C)C3C(O)C21. The fourth-order valence-electron chi connectivity index (χ4n) is 6.32. The number of aliphatic hydroxyl groups excluding tert-OH is 3. The van der Waals surface area contributed by atoms with Gasteiger partial charge in [0, 0.05) is 17.9 Å². The number of aliphatic carboxylic acids is 1. The van der Waals surface area contributed by atoms with Gasteiger partial charge in [-0.2, -0.15) is 0 Å². The average molecular weight is 733 g/mol. The molecule has 4 rings (SSSR count). The second-order valence-electron chi connectivity index (χ2n) is 10.9. The molecule has 0 saturated heterocycles. The molecule has 234 valence electrons. The molecule has 1 aromatic carbocycles. The molecule has 9 N–H and O–H groups in total. The van der Waals surface area contributed by atoms with Crippen molar-refractivity contribution in [3.63, 3.8) is 0 Å². The first-order valence-corrected chi connectivity index (χ1v) is 13.7. The maximum absolute atomic E-state index is 13.9. The van der Waals surface area contributed by atoms with Gasteiger partial charge in [-0.15, -0.1) is 17.0 Å². The number of benzene rings is 1. The molecular weight excluding hydrogens is 702 g/mol. The van der Waals surface area contributed by atoms with Gasteiger partial charge < -0.3 is 41.7 Å². The number of anilines is 1. The van der Waals surface area contributed by atoms with Gasteiger partial charge in [-0.1, -0.05) is 28.9 Å². The number of carboxylic acids is 1. The lowest BCUT2D eigenvalue weighted by molar-refractivity contribution is -0.162. The number of ketones is 2. The summed E-state index contributed by atoms with van der Waals surface area (Å²) in [5, 5.41) is 67.9. The number of Topliss-reactive ketones (excluding diaryl/α,β-unsaturated/α-hetero) is 2. The Morgan fingerprint density at radius 1 is 1.16 bits per heavy atom. The summed E-state index contributed by atoms with van der Waals surface area (Å²) in [4.78, 5) is 63.2. The van der Waals surface area contributed by atoms with Crippen molar-refractivity contribution in [2.24, 2.45) is 17.6 Å². The number of nitrogens with one attached hydrogen (secondary N) is 1. The van der Waals surface area contributed by atoms with Crippen LogP contribution in [-0.2, 0) is 19.2 Å². The highest BCUT2D eigenvalue weighted by molar-refractivity contribution is 9.10. The number of hydrogen-bond donors (Lipinski definition) is 8. The van der Waals surface area contributed by atoms with Crippen molar-refractivity contribution in [2.75, 3.05) is 19.4 Å². The van der Waals surface area contributed by atoms with E-state index < -0.39 is 98.1 Å². The molecule has 0 spiro atoms. The number of primary amides is 1. The van der Waals surface area contributed by atoms with Crippen LogP contribution in [0.2, 0.25) is 0 Å². The zero-order valence-electron chi connectivity index (χ0n) is 23.1. The summed E-state index contributed by atoms with van der Waals surface area (Å²) in [6, 6.07) is 1.36. The van der Waals surface area contributed by atoms with Crippen LogP contribution in [0.3, 0.4) is 0 Å². The third-order valence-electron chi connectivity index (χ3n) is 8.29. The number of likely N-dealkylation sites (N-methyl/N-ethyl adjacent to an activating group) is 1. The minimum Gasteiger partial charge on any atom is -0.510 e. The van der Waals surface area contributed by atoms with Crippen LogP contribution >= 0.6 is 32.9 Å². The Morgan fingerprint density at radius 3 is 2.30 bits per heavy atom. The number of aliphatic hydroxyl groups is 4. The maximum Gasteiger partial charge on any atom is 0.303 e. The normalized spacial score (nSPS) is 28.9. The molecule has 43 heavy (non-hydrogen) atoms. The fraction of sp³-hybridized carbons (Fsp3) is 0.444. The van der Waals surface area contributed by atoms with Gasteiger partial charge in [-0.25, -0.2) is 0 Å². The van der Waals surface area contributed by atoms with Gasteiger partial charge in [0.1, 0.15) is 17.1 Å². The van der Waals surface area contributed by atoms with Gasteiger partial charge in [0.2, 0.25) is 11.7 Å². The van der Waals surface area contributed by atoms with E-state index in [4.69, 9.17) is 10.8 Å². The Kier molecular flexibility index (Phi) is 9.54. The number of hydrogen-bond acceptors (Lipinski definition) is 11. The topological polar surface area (TPSA) is 248 Å². The van der Waals surface area contributed by atoms with Crippen LogP contribution in [0.5, 0.6) is 5.75 Å². The van der Waals surface area contributed by atoms with E-state index in [-0.39, 0.29) is 46.6 Å². The van der Waals surface area contributed by atoms with Gasteiger partial charge in [-0.3, -0.25) is 28.9 Å². The van der Waals surface area contributed by atoms with E-state index >= 15 is 0 Å². The third-order valence-corrected chi connectivity index (χ3v) is 9.16. The van der Waals surface area contributed by atoms with E-state index in [2.05, 4.69) is 21.2 Å². The minimum atomic E-state index is -3.04. The predicted octanol–water partition coefficient (Wildman–Crippen LogP) is 0.797. The number of rotatable bonds is 7. The van der Waals surface area contributed by atoms with Crippen molar-refractivity contribution in [3.05, 3.63) is 45.9 Å². The fourth-order valence-corrected chi connectivity index (χ4v) is 6.66. The lowest BCUT2D eigenvalue weighted by Gasteiger charge is -2.53. The molecule has 0 aliphatic heterocycles. The highest BCUT2D eigenvalue weighted by Crippen LogP contribution is 2.56. The zero-order valence-corrected chi connectivity index (χ0v) is 26.4. The van der Waals surface area contributed by atoms with Crippen molar-refractivity contribution < 1.29 is 54.6 Å². The summed E-state index contributed by atoms with van der Waals surface area (Å²) in [6.45, 7) is 1.58. The predicted molar refractivity (Wildman–Crippen MR) is 158 cm³/mol. The second-order valence-corrected chi connectivity index (χ2v) is 12.0. The number of halogens is 2. The molecule has 16 heteroatoms. The molecular formula is C27H31Br2N3O11. The number of nitrogens with zero attached hydrogens (tertiary/aromatic N) is 1. The van der Waals surface area contributed by atoms with Crippen LogP contribution < -0.4 is 11.1 Å². The molecule has 6 unspecified atom stereocenters. The molecule has 0 saturated carbocycles. The number of amides is 2. The molecule has 7 atom stereocenters. The van der Waals surface area contributed by atoms with E-state index in [9.17, 15) is 49.5 Å². The number of aromatic hydroxyl groups is 1. The Labute approximate surface area is 263 Å². The van der Waals surface area contributed by atoms with Gasteiger partial charge >= 0.3 is 5.97 Å². The summed E-state index contributed by atoms with van der Waals surface area (Å²) in [5.41, 5.74) is 0.327. The molecule has 3 aliphatic rings. The molecule has 14 nitrogen and oxygen atoms in total. The zero-order chi connectivity index (χ0) is 31.6.